The fraction of sp³-hybridized carbons (Fsp3) is 0.865. The summed E-state index contributed by atoms with van der Waals surface area (Å²) in [5.74, 6) is 2.52. The Bertz CT molecular complexity index is 861. The molecule has 5 saturated carbocycles. The van der Waals surface area contributed by atoms with Gasteiger partial charge in [-0.2, -0.15) is 0 Å². The largest absolute Gasteiger partial charge is 0.461 e. The molecule has 1 N–H and O–H groups in total. The van der Waals surface area contributed by atoms with E-state index in [1.807, 2.05) is 34.6 Å². The first-order valence-electron chi connectivity index (χ1n) is 16.9. The quantitative estimate of drug-likeness (QED) is 0.277. The van der Waals surface area contributed by atoms with Crippen LogP contribution in [-0.4, -0.2) is 23.8 Å². The second-order valence-corrected chi connectivity index (χ2v) is 14.5. The van der Waals surface area contributed by atoms with E-state index in [2.05, 4.69) is 47.8 Å². The lowest BCUT2D eigenvalue weighted by Crippen LogP contribution is -2.66. The number of hydrogen-bond donors (Lipinski definition) is 1. The Kier molecular flexibility index (Phi) is 11.8. The molecular weight excluding hydrogens is 492 g/mol. The van der Waals surface area contributed by atoms with E-state index in [1.165, 1.54) is 44.9 Å². The molecule has 8 unspecified atom stereocenters. The summed E-state index contributed by atoms with van der Waals surface area (Å²) in [5, 5.41) is 10.9. The zero-order valence-electron chi connectivity index (χ0n) is 28.2. The molecule has 9 atom stereocenters. The lowest BCUT2D eigenvalue weighted by molar-refractivity contribution is -0.246. The minimum atomic E-state index is -0.242. The van der Waals surface area contributed by atoms with Gasteiger partial charge >= 0.3 is 5.97 Å². The van der Waals surface area contributed by atoms with Crippen LogP contribution in [0.2, 0.25) is 0 Å². The highest BCUT2D eigenvalue weighted by molar-refractivity contribution is 5.78. The van der Waals surface area contributed by atoms with Gasteiger partial charge in [0.1, 0.15) is 6.61 Å². The maximum Gasteiger partial charge on any atom is 0.312 e. The van der Waals surface area contributed by atoms with Crippen molar-refractivity contribution >= 4 is 5.97 Å². The summed E-state index contributed by atoms with van der Waals surface area (Å²) in [6.45, 7) is 29.9. The maximum absolute atomic E-state index is 13.3. The van der Waals surface area contributed by atoms with Crippen molar-refractivity contribution in [3.05, 3.63) is 25.3 Å². The molecule has 0 heterocycles. The molecule has 5 aliphatic rings. The first-order chi connectivity index (χ1) is 18.9. The fourth-order valence-electron chi connectivity index (χ4n) is 11.2. The molecule has 0 aromatic heterocycles. The predicted molar refractivity (Wildman–Crippen MR) is 171 cm³/mol. The van der Waals surface area contributed by atoms with Crippen molar-refractivity contribution in [1.29, 1.82) is 0 Å². The summed E-state index contributed by atoms with van der Waals surface area (Å²) in [6.07, 6.45) is 16.1. The Labute approximate surface area is 249 Å². The van der Waals surface area contributed by atoms with Crippen molar-refractivity contribution < 1.29 is 14.6 Å². The van der Waals surface area contributed by atoms with Crippen LogP contribution in [0, 0.1) is 50.7 Å². The average molecular weight is 559 g/mol. The zero-order chi connectivity index (χ0) is 30.6. The van der Waals surface area contributed by atoms with E-state index in [0.29, 0.717) is 40.6 Å². The molecule has 0 aliphatic heterocycles. The Morgan fingerprint density at radius 2 is 1.43 bits per heavy atom. The monoisotopic (exact) mass is 559 g/mol. The van der Waals surface area contributed by atoms with Crippen LogP contribution >= 0.6 is 0 Å². The van der Waals surface area contributed by atoms with Crippen LogP contribution in [-0.2, 0) is 9.53 Å². The van der Waals surface area contributed by atoms with Gasteiger partial charge in [-0.1, -0.05) is 87.5 Å². The minimum absolute atomic E-state index is 0.00810. The van der Waals surface area contributed by atoms with Crippen molar-refractivity contribution in [3.63, 3.8) is 0 Å². The van der Waals surface area contributed by atoms with Crippen LogP contribution in [0.5, 0.6) is 0 Å². The van der Waals surface area contributed by atoms with Crippen LogP contribution < -0.4 is 0 Å². The highest BCUT2D eigenvalue weighted by Gasteiger charge is 2.70. The second-order valence-electron chi connectivity index (χ2n) is 14.5. The highest BCUT2D eigenvalue weighted by Crippen LogP contribution is 2.76. The standard InChI is InChI=1S/C30H48O3.C3H6.2C2H6/c1-7-19-33-25(32)30-14-8-9-21(30)20-10-11-23-27(4)15-13-24(31)26(2,3)22(27)12-16-29(23,6)28(20,5)17-18-30;1-3-2;2*1-2/h7,20-24,31H,1,8-19H2,2-6H3;3H,1H2,2H3;2*1-2H3/t20?,21?,22?,23?,24?,27?,28-,29?,30?;;;/m1.../s1. The number of fused-ring (bicyclic) bond motifs is 7. The van der Waals surface area contributed by atoms with Gasteiger partial charge < -0.3 is 9.84 Å². The number of ether oxygens (including phenoxy) is 1. The highest BCUT2D eigenvalue weighted by atomic mass is 16.5. The number of esters is 1. The summed E-state index contributed by atoms with van der Waals surface area (Å²) in [7, 11) is 0. The molecule has 0 radical (unpaired) electrons. The number of aliphatic hydroxyl groups excluding tert-OH is 1. The van der Waals surface area contributed by atoms with E-state index in [9.17, 15) is 9.90 Å². The molecular formula is C37H66O3. The summed E-state index contributed by atoms with van der Waals surface area (Å²) in [4.78, 5) is 13.3. The molecule has 0 bridgehead atoms. The number of hydrogen-bond acceptors (Lipinski definition) is 3. The van der Waals surface area contributed by atoms with E-state index in [0.717, 1.165) is 31.6 Å². The van der Waals surface area contributed by atoms with E-state index < -0.39 is 0 Å². The predicted octanol–water partition coefficient (Wildman–Crippen LogP) is 10.2. The number of carbonyl (C=O) groups excluding carboxylic acids is 1. The smallest absolute Gasteiger partial charge is 0.312 e. The van der Waals surface area contributed by atoms with Crippen LogP contribution in [0.3, 0.4) is 0 Å². The maximum atomic E-state index is 13.3. The molecule has 0 aromatic rings. The second kappa shape index (κ2) is 13.5. The molecule has 232 valence electrons. The Morgan fingerprint density at radius 3 is 2.02 bits per heavy atom. The number of aliphatic hydroxyl groups is 1. The Hall–Kier alpha value is -1.09. The van der Waals surface area contributed by atoms with Gasteiger partial charge in [-0.3, -0.25) is 4.79 Å². The average Bonchev–Trinajstić information content (AvgIpc) is 3.38. The molecule has 3 nitrogen and oxygen atoms in total. The van der Waals surface area contributed by atoms with E-state index in [1.54, 1.807) is 12.2 Å². The Balaban J connectivity index is 0.000000737. The molecule has 5 rings (SSSR count). The lowest BCUT2D eigenvalue weighted by Gasteiger charge is -2.72. The van der Waals surface area contributed by atoms with Crippen LogP contribution in [0.1, 0.15) is 140 Å². The molecule has 0 aromatic carbocycles. The topological polar surface area (TPSA) is 46.5 Å². The van der Waals surface area contributed by atoms with Crippen molar-refractivity contribution in [2.75, 3.05) is 6.61 Å². The van der Waals surface area contributed by atoms with Crippen molar-refractivity contribution in [2.24, 2.45) is 50.7 Å². The van der Waals surface area contributed by atoms with Crippen LogP contribution in [0.15, 0.2) is 25.3 Å². The first-order valence-corrected chi connectivity index (χ1v) is 16.9. The van der Waals surface area contributed by atoms with Gasteiger partial charge in [-0.05, 0) is 116 Å². The molecule has 40 heavy (non-hydrogen) atoms. The summed E-state index contributed by atoms with van der Waals surface area (Å²) >= 11 is 0. The molecule has 3 heteroatoms. The van der Waals surface area contributed by atoms with Crippen molar-refractivity contribution in [3.8, 4) is 0 Å². The fourth-order valence-corrected chi connectivity index (χ4v) is 11.2. The molecule has 0 amide bonds. The summed E-state index contributed by atoms with van der Waals surface area (Å²) < 4.78 is 5.72. The number of carbonyl (C=O) groups is 1. The van der Waals surface area contributed by atoms with E-state index in [4.69, 9.17) is 4.74 Å². The number of rotatable bonds is 3. The molecule has 5 fully saturated rings. The molecule has 0 saturated heterocycles. The minimum Gasteiger partial charge on any atom is -0.461 e. The Morgan fingerprint density at radius 1 is 0.800 bits per heavy atom. The lowest BCUT2D eigenvalue weighted by atomic mass is 9.32. The molecule has 5 aliphatic carbocycles. The van der Waals surface area contributed by atoms with Crippen molar-refractivity contribution in [2.45, 2.75) is 146 Å². The third-order valence-corrected chi connectivity index (χ3v) is 13.1. The van der Waals surface area contributed by atoms with Gasteiger partial charge in [-0.15, -0.1) is 6.58 Å². The van der Waals surface area contributed by atoms with Crippen molar-refractivity contribution in [1.82, 2.24) is 0 Å². The summed E-state index contributed by atoms with van der Waals surface area (Å²) in [5.41, 5.74) is 0.694. The third-order valence-electron chi connectivity index (χ3n) is 13.1. The number of allylic oxidation sites excluding steroid dienone is 1. The van der Waals surface area contributed by atoms with Gasteiger partial charge in [0.05, 0.1) is 11.5 Å². The van der Waals surface area contributed by atoms with Gasteiger partial charge in [0.15, 0.2) is 0 Å². The van der Waals surface area contributed by atoms with E-state index in [-0.39, 0.29) is 22.9 Å². The SMILES string of the molecule is C=CC.C=CCOC(=O)C12CCCC1C1CCC3C4(C)CCC(O)C(C)(C)C4CCC3(C)[C@]1(C)CC2.CC.CC. The van der Waals surface area contributed by atoms with Crippen LogP contribution in [0.4, 0.5) is 0 Å². The van der Waals surface area contributed by atoms with Gasteiger partial charge in [-0.25, -0.2) is 0 Å². The third kappa shape index (κ3) is 5.28. The normalized spacial score (nSPS) is 44.0. The van der Waals surface area contributed by atoms with E-state index >= 15 is 0 Å². The summed E-state index contributed by atoms with van der Waals surface area (Å²) in [6, 6.07) is 0. The van der Waals surface area contributed by atoms with Gasteiger partial charge in [0.2, 0.25) is 0 Å². The first kappa shape index (κ1) is 35.1. The van der Waals surface area contributed by atoms with Crippen LogP contribution in [0.25, 0.3) is 0 Å². The van der Waals surface area contributed by atoms with Gasteiger partial charge in [0.25, 0.3) is 0 Å². The molecule has 0 spiro atoms. The van der Waals surface area contributed by atoms with Gasteiger partial charge in [0, 0.05) is 0 Å². The zero-order valence-corrected chi connectivity index (χ0v) is 28.2.